The lowest BCUT2D eigenvalue weighted by molar-refractivity contribution is -0.143. The SMILES string of the molecule is NC(=O)CC(NC(=O)C(N)CC(=O)O)C(=O)NC(CS)C(=O)NC(CCC(=O)O)C(=O)O. The molecular formula is C16H25N5O10S. The molecular weight excluding hydrogens is 454 g/mol. The van der Waals surface area contributed by atoms with Crippen LogP contribution in [0.5, 0.6) is 0 Å². The molecule has 0 aliphatic rings. The van der Waals surface area contributed by atoms with Crippen LogP contribution in [0.15, 0.2) is 0 Å². The lowest BCUT2D eigenvalue weighted by atomic mass is 10.1. The number of nitrogens with one attached hydrogen (secondary N) is 3. The van der Waals surface area contributed by atoms with Gasteiger partial charge < -0.3 is 42.7 Å². The maximum atomic E-state index is 12.5. The van der Waals surface area contributed by atoms with Crippen LogP contribution in [0.25, 0.3) is 0 Å². The molecule has 10 N–H and O–H groups in total. The zero-order valence-electron chi connectivity index (χ0n) is 16.6. The fraction of sp³-hybridized carbons (Fsp3) is 0.562. The number of primary amides is 1. The van der Waals surface area contributed by atoms with E-state index in [0.717, 1.165) is 0 Å². The van der Waals surface area contributed by atoms with E-state index >= 15 is 0 Å². The molecule has 15 nitrogen and oxygen atoms in total. The van der Waals surface area contributed by atoms with Crippen LogP contribution in [0.3, 0.4) is 0 Å². The molecule has 0 fully saturated rings. The van der Waals surface area contributed by atoms with Crippen LogP contribution in [0.4, 0.5) is 0 Å². The Hall–Kier alpha value is -3.40. The minimum atomic E-state index is -1.61. The molecule has 0 aliphatic carbocycles. The Morgan fingerprint density at radius 2 is 1.25 bits per heavy atom. The van der Waals surface area contributed by atoms with Crippen molar-refractivity contribution in [2.75, 3.05) is 5.75 Å². The molecule has 0 aromatic carbocycles. The molecule has 0 aromatic heterocycles. The van der Waals surface area contributed by atoms with Gasteiger partial charge in [0.25, 0.3) is 0 Å². The lowest BCUT2D eigenvalue weighted by Gasteiger charge is -2.23. The van der Waals surface area contributed by atoms with E-state index in [4.69, 9.17) is 26.8 Å². The van der Waals surface area contributed by atoms with Gasteiger partial charge in [-0.15, -0.1) is 0 Å². The predicted molar refractivity (Wildman–Crippen MR) is 108 cm³/mol. The van der Waals surface area contributed by atoms with Crippen LogP contribution in [0, 0.1) is 0 Å². The number of carbonyl (C=O) groups excluding carboxylic acids is 4. The molecule has 32 heavy (non-hydrogen) atoms. The highest BCUT2D eigenvalue weighted by Gasteiger charge is 2.31. The molecule has 0 aliphatic heterocycles. The summed E-state index contributed by atoms with van der Waals surface area (Å²) in [5.41, 5.74) is 10.4. The third-order valence-corrected chi connectivity index (χ3v) is 4.21. The summed E-state index contributed by atoms with van der Waals surface area (Å²) in [5, 5.41) is 32.7. The molecule has 4 amide bonds. The summed E-state index contributed by atoms with van der Waals surface area (Å²) in [6, 6.07) is -6.15. The number of thiol groups is 1. The Labute approximate surface area is 186 Å². The van der Waals surface area contributed by atoms with Crippen molar-refractivity contribution in [2.24, 2.45) is 11.5 Å². The van der Waals surface area contributed by atoms with E-state index in [0.29, 0.717) is 0 Å². The monoisotopic (exact) mass is 479 g/mol. The van der Waals surface area contributed by atoms with Gasteiger partial charge in [-0.25, -0.2) is 4.79 Å². The fourth-order valence-electron chi connectivity index (χ4n) is 2.23. The number of amides is 4. The molecule has 180 valence electrons. The van der Waals surface area contributed by atoms with Gasteiger partial charge in [-0.3, -0.25) is 28.8 Å². The largest absolute Gasteiger partial charge is 0.481 e. The van der Waals surface area contributed by atoms with E-state index in [2.05, 4.69) is 28.6 Å². The van der Waals surface area contributed by atoms with Gasteiger partial charge in [-0.1, -0.05) is 0 Å². The topological polar surface area (TPSA) is 268 Å². The molecule has 4 unspecified atom stereocenters. The van der Waals surface area contributed by atoms with E-state index in [9.17, 15) is 33.6 Å². The van der Waals surface area contributed by atoms with Crippen molar-refractivity contribution < 1.29 is 48.9 Å². The third kappa shape index (κ3) is 11.1. The van der Waals surface area contributed by atoms with Crippen LogP contribution in [0.2, 0.25) is 0 Å². The first-order chi connectivity index (χ1) is 14.8. The number of rotatable bonds is 15. The van der Waals surface area contributed by atoms with Gasteiger partial charge >= 0.3 is 17.9 Å². The van der Waals surface area contributed by atoms with E-state index < -0.39 is 91.4 Å². The van der Waals surface area contributed by atoms with Crippen molar-refractivity contribution in [3.05, 3.63) is 0 Å². The van der Waals surface area contributed by atoms with Crippen LogP contribution in [0.1, 0.15) is 25.7 Å². The van der Waals surface area contributed by atoms with Crippen LogP contribution >= 0.6 is 12.6 Å². The second kappa shape index (κ2) is 13.8. The van der Waals surface area contributed by atoms with Crippen molar-refractivity contribution in [1.82, 2.24) is 16.0 Å². The van der Waals surface area contributed by atoms with Crippen molar-refractivity contribution in [2.45, 2.75) is 49.9 Å². The summed E-state index contributed by atoms with van der Waals surface area (Å²) < 4.78 is 0. The predicted octanol–water partition coefficient (Wildman–Crippen LogP) is -4.00. The molecule has 0 aromatic rings. The van der Waals surface area contributed by atoms with Gasteiger partial charge in [0.1, 0.15) is 18.1 Å². The molecule has 0 radical (unpaired) electrons. The highest BCUT2D eigenvalue weighted by atomic mass is 32.1. The Morgan fingerprint density at radius 3 is 1.69 bits per heavy atom. The highest BCUT2D eigenvalue weighted by molar-refractivity contribution is 7.80. The van der Waals surface area contributed by atoms with E-state index in [-0.39, 0.29) is 5.75 Å². The smallest absolute Gasteiger partial charge is 0.326 e. The first-order valence-corrected chi connectivity index (χ1v) is 9.63. The molecule has 16 heteroatoms. The Kier molecular flexibility index (Phi) is 12.3. The second-order valence-electron chi connectivity index (χ2n) is 6.51. The van der Waals surface area contributed by atoms with Crippen molar-refractivity contribution in [3.8, 4) is 0 Å². The molecule has 0 saturated heterocycles. The van der Waals surface area contributed by atoms with Gasteiger partial charge in [-0.2, -0.15) is 12.6 Å². The molecule has 0 heterocycles. The van der Waals surface area contributed by atoms with Crippen LogP contribution < -0.4 is 27.4 Å². The molecule has 0 saturated carbocycles. The molecule has 0 spiro atoms. The van der Waals surface area contributed by atoms with Gasteiger partial charge in [0.2, 0.25) is 23.6 Å². The minimum Gasteiger partial charge on any atom is -0.481 e. The Balaban J connectivity index is 5.27. The number of hydrogen-bond donors (Lipinski definition) is 9. The van der Waals surface area contributed by atoms with Crippen LogP contribution in [-0.2, 0) is 33.6 Å². The van der Waals surface area contributed by atoms with Crippen LogP contribution in [-0.4, -0.2) is 86.8 Å². The molecule has 4 atom stereocenters. The fourth-order valence-corrected chi connectivity index (χ4v) is 2.49. The minimum absolute atomic E-state index is 0.335. The van der Waals surface area contributed by atoms with E-state index in [1.807, 2.05) is 0 Å². The molecule has 0 bridgehead atoms. The summed E-state index contributed by atoms with van der Waals surface area (Å²) in [6.45, 7) is 0. The third-order valence-electron chi connectivity index (χ3n) is 3.85. The van der Waals surface area contributed by atoms with Gasteiger partial charge in [0.15, 0.2) is 0 Å². The van der Waals surface area contributed by atoms with Gasteiger partial charge in [-0.05, 0) is 6.42 Å². The number of carboxylic acids is 3. The number of nitrogens with two attached hydrogens (primary N) is 2. The standard InChI is InChI=1S/C16H25N5O10S/c17-6(3-12(25)26)13(27)20-8(4-10(18)22)14(28)21-9(5-32)15(29)19-7(16(30)31)1-2-11(23)24/h6-9,32H,1-5,17H2,(H2,18,22)(H,19,29)(H,20,27)(H,21,28)(H,23,24)(H,25,26)(H,30,31). The van der Waals surface area contributed by atoms with Gasteiger partial charge in [0, 0.05) is 12.2 Å². The summed E-state index contributed by atoms with van der Waals surface area (Å²) in [6.07, 6.45) is -2.44. The van der Waals surface area contributed by atoms with E-state index in [1.165, 1.54) is 0 Å². The number of carbonyl (C=O) groups is 7. The summed E-state index contributed by atoms with van der Waals surface area (Å²) in [5.74, 6) is -8.68. The Morgan fingerprint density at radius 1 is 0.750 bits per heavy atom. The maximum absolute atomic E-state index is 12.5. The first-order valence-electron chi connectivity index (χ1n) is 9.00. The summed E-state index contributed by atoms with van der Waals surface area (Å²) in [7, 11) is 0. The van der Waals surface area contributed by atoms with Crippen molar-refractivity contribution >= 4 is 54.2 Å². The maximum Gasteiger partial charge on any atom is 0.326 e. The highest BCUT2D eigenvalue weighted by Crippen LogP contribution is 2.02. The second-order valence-corrected chi connectivity index (χ2v) is 6.88. The number of aliphatic carboxylic acids is 3. The normalized spacial score (nSPS) is 14.2. The van der Waals surface area contributed by atoms with Crippen molar-refractivity contribution in [1.29, 1.82) is 0 Å². The van der Waals surface area contributed by atoms with E-state index in [1.54, 1.807) is 0 Å². The zero-order valence-corrected chi connectivity index (χ0v) is 17.5. The average molecular weight is 479 g/mol. The first kappa shape index (κ1) is 28.6. The summed E-state index contributed by atoms with van der Waals surface area (Å²) in [4.78, 5) is 80.5. The van der Waals surface area contributed by atoms with Crippen molar-refractivity contribution in [3.63, 3.8) is 0 Å². The van der Waals surface area contributed by atoms with Gasteiger partial charge in [0.05, 0.1) is 18.9 Å². The quantitative estimate of drug-likeness (QED) is 0.102. The Bertz CT molecular complexity index is 761. The average Bonchev–Trinajstić information content (AvgIpc) is 2.66. The molecule has 0 rings (SSSR count). The lowest BCUT2D eigenvalue weighted by Crippen LogP contribution is -2.58. The number of hydrogen-bond acceptors (Lipinski definition) is 9. The summed E-state index contributed by atoms with van der Waals surface area (Å²) >= 11 is 3.89. The number of carboxylic acid groups (broad SMARTS) is 3. The zero-order chi connectivity index (χ0) is 25.0.